The van der Waals surface area contributed by atoms with Crippen molar-refractivity contribution in [3.05, 3.63) is 108 Å². The van der Waals surface area contributed by atoms with Crippen LogP contribution in [0.2, 0.25) is 0 Å². The zero-order valence-corrected chi connectivity index (χ0v) is 20.1. The van der Waals surface area contributed by atoms with Crippen LogP contribution < -0.4 is 5.32 Å². The zero-order chi connectivity index (χ0) is 24.1. The molecule has 2 aliphatic rings. The van der Waals surface area contributed by atoms with Gasteiger partial charge in [0.2, 0.25) is 0 Å². The van der Waals surface area contributed by atoms with E-state index in [1.54, 1.807) is 0 Å². The lowest BCUT2D eigenvalue weighted by Gasteiger charge is -2.34. The molecule has 0 spiro atoms. The van der Waals surface area contributed by atoms with Gasteiger partial charge in [-0.1, -0.05) is 91.0 Å². The summed E-state index contributed by atoms with van der Waals surface area (Å²) in [6, 6.07) is 30.3. The number of piperidine rings is 1. The number of rotatable bonds is 8. The Labute approximate surface area is 207 Å². The summed E-state index contributed by atoms with van der Waals surface area (Å²) < 4.78 is 0. The van der Waals surface area contributed by atoms with Crippen LogP contribution in [0.1, 0.15) is 29.5 Å². The number of nitrogens with zero attached hydrogens (tertiary/aromatic N) is 2. The van der Waals surface area contributed by atoms with Crippen LogP contribution in [0.4, 0.5) is 4.79 Å². The van der Waals surface area contributed by atoms with Crippen LogP contribution in [-0.4, -0.2) is 47.0 Å². The van der Waals surface area contributed by atoms with Crippen molar-refractivity contribution >= 4 is 11.9 Å². The zero-order valence-electron chi connectivity index (χ0n) is 20.1. The minimum absolute atomic E-state index is 0.124. The third-order valence-corrected chi connectivity index (χ3v) is 7.36. The molecule has 3 amide bonds. The van der Waals surface area contributed by atoms with Gasteiger partial charge < -0.3 is 5.32 Å². The quantitative estimate of drug-likeness (QED) is 0.490. The van der Waals surface area contributed by atoms with Crippen molar-refractivity contribution in [2.24, 2.45) is 5.92 Å². The monoisotopic (exact) mass is 467 g/mol. The average molecular weight is 468 g/mol. The maximum absolute atomic E-state index is 13.8. The van der Waals surface area contributed by atoms with Crippen molar-refractivity contribution in [2.45, 2.75) is 37.6 Å². The topological polar surface area (TPSA) is 52.7 Å². The van der Waals surface area contributed by atoms with Gasteiger partial charge in [0, 0.05) is 25.9 Å². The van der Waals surface area contributed by atoms with Crippen LogP contribution in [-0.2, 0) is 24.1 Å². The Hall–Kier alpha value is -3.44. The molecule has 2 saturated heterocycles. The first-order chi connectivity index (χ1) is 17.1. The van der Waals surface area contributed by atoms with Crippen LogP contribution in [0, 0.1) is 5.92 Å². The fraction of sp³-hybridized carbons (Fsp3) is 0.333. The van der Waals surface area contributed by atoms with Crippen LogP contribution in [0.25, 0.3) is 0 Å². The highest BCUT2D eigenvalue weighted by molar-refractivity contribution is 6.07. The molecule has 3 aromatic rings. The average Bonchev–Trinajstić information content (AvgIpc) is 3.11. The van der Waals surface area contributed by atoms with E-state index in [0.29, 0.717) is 25.4 Å². The Kier molecular flexibility index (Phi) is 6.96. The van der Waals surface area contributed by atoms with E-state index in [9.17, 15) is 9.59 Å². The summed E-state index contributed by atoms with van der Waals surface area (Å²) in [4.78, 5) is 30.7. The van der Waals surface area contributed by atoms with Gasteiger partial charge in [0.15, 0.2) is 0 Å². The Bertz CT molecular complexity index is 1080. The number of imide groups is 1. The fourth-order valence-electron chi connectivity index (χ4n) is 5.47. The molecule has 180 valence electrons. The Morgan fingerprint density at radius 1 is 0.714 bits per heavy atom. The lowest BCUT2D eigenvalue weighted by molar-refractivity contribution is -0.133. The predicted molar refractivity (Wildman–Crippen MR) is 138 cm³/mol. The lowest BCUT2D eigenvalue weighted by Crippen LogP contribution is -2.51. The normalized spacial score (nSPS) is 18.6. The highest BCUT2D eigenvalue weighted by atomic mass is 16.2. The molecule has 0 aliphatic carbocycles. The summed E-state index contributed by atoms with van der Waals surface area (Å²) in [5, 5.41) is 3.11. The number of hydrogen-bond acceptors (Lipinski definition) is 3. The minimum atomic E-state index is -0.967. The number of carbonyl (C=O) groups is 2. The van der Waals surface area contributed by atoms with E-state index in [-0.39, 0.29) is 11.9 Å². The molecule has 0 unspecified atom stereocenters. The second kappa shape index (κ2) is 10.4. The first-order valence-corrected chi connectivity index (χ1v) is 12.6. The molecule has 35 heavy (non-hydrogen) atoms. The summed E-state index contributed by atoms with van der Waals surface area (Å²) in [5.74, 6) is 0.522. The Morgan fingerprint density at radius 2 is 1.20 bits per heavy atom. The van der Waals surface area contributed by atoms with Crippen LogP contribution in [0.5, 0.6) is 0 Å². The van der Waals surface area contributed by atoms with Gasteiger partial charge in [0.25, 0.3) is 5.91 Å². The first kappa shape index (κ1) is 23.3. The number of urea groups is 1. The van der Waals surface area contributed by atoms with Crippen molar-refractivity contribution in [1.82, 2.24) is 15.1 Å². The second-order valence-electron chi connectivity index (χ2n) is 9.96. The number of amides is 3. The molecule has 0 bridgehead atoms. The standard InChI is InChI=1S/C30H33N3O2/c34-28-30(21-26-12-6-2-7-13-26,22-27-14-8-3-9-15-27)31-29(35)33(28)23-32-18-16-25(17-19-32)20-24-10-4-1-5-11-24/h1-15,25H,16-23H2,(H,31,35). The summed E-state index contributed by atoms with van der Waals surface area (Å²) in [5.41, 5.74) is 2.50. The van der Waals surface area contributed by atoms with E-state index in [0.717, 1.165) is 43.5 Å². The molecule has 2 fully saturated rings. The van der Waals surface area contributed by atoms with Gasteiger partial charge in [-0.2, -0.15) is 0 Å². The van der Waals surface area contributed by atoms with E-state index >= 15 is 0 Å². The van der Waals surface area contributed by atoms with E-state index in [2.05, 4.69) is 40.5 Å². The van der Waals surface area contributed by atoms with Crippen LogP contribution in [0.15, 0.2) is 91.0 Å². The maximum atomic E-state index is 13.8. The van der Waals surface area contributed by atoms with Crippen molar-refractivity contribution in [1.29, 1.82) is 0 Å². The number of benzene rings is 3. The SMILES string of the molecule is O=C1NC(Cc2ccccc2)(Cc2ccccc2)C(=O)N1CN1CCC(Cc2ccccc2)CC1. The van der Waals surface area contributed by atoms with E-state index in [1.807, 2.05) is 60.7 Å². The van der Waals surface area contributed by atoms with E-state index in [1.165, 1.54) is 10.5 Å². The second-order valence-corrected chi connectivity index (χ2v) is 9.96. The van der Waals surface area contributed by atoms with Crippen molar-refractivity contribution in [3.8, 4) is 0 Å². The highest BCUT2D eigenvalue weighted by Gasteiger charge is 2.51. The van der Waals surface area contributed by atoms with Gasteiger partial charge in [-0.05, 0) is 41.9 Å². The van der Waals surface area contributed by atoms with E-state index < -0.39 is 5.54 Å². The summed E-state index contributed by atoms with van der Waals surface area (Å²) >= 11 is 0. The summed E-state index contributed by atoms with van der Waals surface area (Å²) in [6.07, 6.45) is 4.20. The minimum Gasteiger partial charge on any atom is -0.322 e. The van der Waals surface area contributed by atoms with Gasteiger partial charge >= 0.3 is 6.03 Å². The molecular formula is C30H33N3O2. The fourth-order valence-corrected chi connectivity index (χ4v) is 5.47. The summed E-state index contributed by atoms with van der Waals surface area (Å²) in [7, 11) is 0. The molecule has 0 saturated carbocycles. The van der Waals surface area contributed by atoms with Crippen molar-refractivity contribution in [3.63, 3.8) is 0 Å². The Balaban J connectivity index is 1.27. The molecule has 5 nitrogen and oxygen atoms in total. The van der Waals surface area contributed by atoms with E-state index in [4.69, 9.17) is 0 Å². The summed E-state index contributed by atoms with van der Waals surface area (Å²) in [6.45, 7) is 2.16. The van der Waals surface area contributed by atoms with Gasteiger partial charge in [-0.3, -0.25) is 9.69 Å². The van der Waals surface area contributed by atoms with Gasteiger partial charge in [-0.15, -0.1) is 0 Å². The van der Waals surface area contributed by atoms with Crippen molar-refractivity contribution < 1.29 is 9.59 Å². The molecular weight excluding hydrogens is 434 g/mol. The third kappa shape index (κ3) is 5.46. The number of carbonyl (C=O) groups excluding carboxylic acids is 2. The maximum Gasteiger partial charge on any atom is 0.326 e. The van der Waals surface area contributed by atoms with Crippen LogP contribution >= 0.6 is 0 Å². The van der Waals surface area contributed by atoms with Gasteiger partial charge in [0.1, 0.15) is 5.54 Å². The largest absolute Gasteiger partial charge is 0.326 e. The lowest BCUT2D eigenvalue weighted by atomic mass is 9.84. The van der Waals surface area contributed by atoms with Crippen LogP contribution in [0.3, 0.4) is 0 Å². The molecule has 2 aliphatic heterocycles. The molecule has 0 atom stereocenters. The highest BCUT2D eigenvalue weighted by Crippen LogP contribution is 2.29. The van der Waals surface area contributed by atoms with Gasteiger partial charge in [-0.25, -0.2) is 9.69 Å². The Morgan fingerprint density at radius 3 is 1.71 bits per heavy atom. The predicted octanol–water partition coefficient (Wildman–Crippen LogP) is 4.67. The first-order valence-electron chi connectivity index (χ1n) is 12.6. The molecule has 0 radical (unpaired) electrons. The smallest absolute Gasteiger partial charge is 0.322 e. The molecule has 1 N–H and O–H groups in total. The number of nitrogens with one attached hydrogen (secondary N) is 1. The number of hydrogen-bond donors (Lipinski definition) is 1. The molecule has 5 rings (SSSR count). The molecule has 3 aromatic carbocycles. The molecule has 2 heterocycles. The van der Waals surface area contributed by atoms with Crippen molar-refractivity contribution in [2.75, 3.05) is 19.8 Å². The number of likely N-dealkylation sites (tertiary alicyclic amines) is 1. The van der Waals surface area contributed by atoms with Gasteiger partial charge in [0.05, 0.1) is 6.67 Å². The molecule has 5 heteroatoms. The molecule has 0 aromatic heterocycles. The third-order valence-electron chi connectivity index (χ3n) is 7.36.